The Morgan fingerprint density at radius 1 is 1.11 bits per heavy atom. The lowest BCUT2D eigenvalue weighted by molar-refractivity contribution is 0.415. The minimum absolute atomic E-state index is 0.185. The second kappa shape index (κ2) is 6.67. The van der Waals surface area contributed by atoms with Gasteiger partial charge >= 0.3 is 0 Å². The number of anilines is 1. The molecule has 0 aliphatic rings. The minimum atomic E-state index is -3.73. The molecular weight excluding hydrogens is 384 g/mol. The van der Waals surface area contributed by atoms with Gasteiger partial charge in [0.15, 0.2) is 0 Å². The number of hydrogen-bond donors (Lipinski definition) is 1. The maximum atomic E-state index is 12.7. The van der Waals surface area contributed by atoms with E-state index in [1.54, 1.807) is 50.4 Å². The van der Waals surface area contributed by atoms with Crippen LogP contribution in [-0.4, -0.2) is 30.3 Å². The Hall–Kier alpha value is -2.91. The molecule has 27 heavy (non-hydrogen) atoms. The van der Waals surface area contributed by atoms with Crippen molar-refractivity contribution in [2.24, 2.45) is 0 Å². The third-order valence-electron chi connectivity index (χ3n) is 3.89. The van der Waals surface area contributed by atoms with Crippen molar-refractivity contribution in [1.29, 1.82) is 0 Å². The molecule has 4 rings (SSSR count). The van der Waals surface area contributed by atoms with Gasteiger partial charge in [-0.15, -0.1) is 0 Å². The Labute approximate surface area is 160 Å². The first kappa shape index (κ1) is 17.5. The molecule has 0 saturated carbocycles. The number of thiazole rings is 1. The molecule has 0 radical (unpaired) electrons. The maximum absolute atomic E-state index is 12.7. The molecule has 0 atom stereocenters. The van der Waals surface area contributed by atoms with Crippen LogP contribution in [-0.2, 0) is 10.0 Å². The van der Waals surface area contributed by atoms with E-state index in [1.807, 2.05) is 18.2 Å². The van der Waals surface area contributed by atoms with Crippen molar-refractivity contribution < 1.29 is 13.2 Å². The molecule has 0 fully saturated rings. The third kappa shape index (κ3) is 3.38. The van der Waals surface area contributed by atoms with Crippen molar-refractivity contribution in [2.45, 2.75) is 11.8 Å². The zero-order chi connectivity index (χ0) is 19.0. The third-order valence-corrected chi connectivity index (χ3v) is 6.25. The Morgan fingerprint density at radius 2 is 1.89 bits per heavy atom. The molecule has 138 valence electrons. The molecular formula is C18H16N4O3S2. The zero-order valence-corrected chi connectivity index (χ0v) is 16.2. The molecule has 2 aromatic heterocycles. The highest BCUT2D eigenvalue weighted by atomic mass is 32.2. The Kier molecular flexibility index (Phi) is 4.33. The van der Waals surface area contributed by atoms with E-state index in [4.69, 9.17) is 4.74 Å². The van der Waals surface area contributed by atoms with Crippen LogP contribution in [0.15, 0.2) is 59.5 Å². The second-order valence-electron chi connectivity index (χ2n) is 5.83. The molecule has 0 saturated heterocycles. The van der Waals surface area contributed by atoms with Crippen LogP contribution in [0.1, 0.15) is 5.69 Å². The molecule has 0 aliphatic carbocycles. The van der Waals surface area contributed by atoms with E-state index in [9.17, 15) is 8.42 Å². The number of fused-ring (bicyclic) bond motifs is 1. The number of nitrogens with one attached hydrogen (secondary N) is 1. The van der Waals surface area contributed by atoms with Gasteiger partial charge < -0.3 is 4.74 Å². The highest BCUT2D eigenvalue weighted by Gasteiger charge is 2.19. The summed E-state index contributed by atoms with van der Waals surface area (Å²) in [5.41, 5.74) is 1.47. The summed E-state index contributed by atoms with van der Waals surface area (Å²) >= 11 is 1.40. The lowest BCUT2D eigenvalue weighted by atomic mass is 10.3. The Balaban J connectivity index is 1.75. The summed E-state index contributed by atoms with van der Waals surface area (Å²) in [6.45, 7) is 1.80. The van der Waals surface area contributed by atoms with E-state index in [1.165, 1.54) is 16.0 Å². The number of aromatic nitrogens is 3. The average Bonchev–Trinajstić information content (AvgIpc) is 3.24. The van der Waals surface area contributed by atoms with Gasteiger partial charge in [0, 0.05) is 6.07 Å². The highest BCUT2D eigenvalue weighted by Crippen LogP contribution is 2.30. The van der Waals surface area contributed by atoms with Gasteiger partial charge in [-0.25, -0.2) is 13.4 Å². The topological polar surface area (TPSA) is 86.1 Å². The van der Waals surface area contributed by atoms with E-state index in [-0.39, 0.29) is 4.90 Å². The number of aryl methyl sites for hydroxylation is 1. The van der Waals surface area contributed by atoms with Crippen LogP contribution in [0, 0.1) is 6.92 Å². The van der Waals surface area contributed by atoms with Crippen LogP contribution in [0.4, 0.5) is 5.82 Å². The summed E-state index contributed by atoms with van der Waals surface area (Å²) in [5, 5.41) is 4.97. The number of hydrogen-bond acceptors (Lipinski definition) is 6. The molecule has 0 amide bonds. The Bertz CT molecular complexity index is 1210. The smallest absolute Gasteiger partial charge is 0.263 e. The van der Waals surface area contributed by atoms with Gasteiger partial charge in [0.2, 0.25) is 5.13 Å². The lowest BCUT2D eigenvalue weighted by Gasteiger charge is -2.08. The summed E-state index contributed by atoms with van der Waals surface area (Å²) in [7, 11) is -2.12. The number of ether oxygens (including phenoxy) is 1. The number of nitrogens with zero attached hydrogens (tertiary/aromatic N) is 3. The van der Waals surface area contributed by atoms with Crippen molar-refractivity contribution in [3.05, 3.63) is 60.3 Å². The van der Waals surface area contributed by atoms with Crippen LogP contribution >= 0.6 is 11.3 Å². The minimum Gasteiger partial charge on any atom is -0.497 e. The van der Waals surface area contributed by atoms with E-state index in [0.29, 0.717) is 16.6 Å². The monoisotopic (exact) mass is 400 g/mol. The maximum Gasteiger partial charge on any atom is 0.263 e. The number of sulfonamides is 1. The molecule has 0 unspecified atom stereocenters. The fourth-order valence-electron chi connectivity index (χ4n) is 2.62. The van der Waals surface area contributed by atoms with Crippen molar-refractivity contribution in [3.8, 4) is 10.9 Å². The second-order valence-corrected chi connectivity index (χ2v) is 8.52. The van der Waals surface area contributed by atoms with Crippen LogP contribution in [0.3, 0.4) is 0 Å². The summed E-state index contributed by atoms with van der Waals surface area (Å²) in [4.78, 5) is 4.75. The van der Waals surface area contributed by atoms with Gasteiger partial charge in [-0.2, -0.15) is 9.78 Å². The van der Waals surface area contributed by atoms with Gasteiger partial charge in [0.25, 0.3) is 10.0 Å². The predicted molar refractivity (Wildman–Crippen MR) is 105 cm³/mol. The van der Waals surface area contributed by atoms with Crippen LogP contribution in [0.5, 0.6) is 5.75 Å². The van der Waals surface area contributed by atoms with Crippen molar-refractivity contribution in [3.63, 3.8) is 0 Å². The molecule has 9 heteroatoms. The SMILES string of the molecule is COc1ccc2nc(-n3nc(C)cc3NS(=O)(=O)c3ccccc3)sc2c1. The molecule has 2 heterocycles. The highest BCUT2D eigenvalue weighted by molar-refractivity contribution is 7.92. The summed E-state index contributed by atoms with van der Waals surface area (Å²) in [6, 6.07) is 15.5. The summed E-state index contributed by atoms with van der Waals surface area (Å²) in [6.07, 6.45) is 0. The van der Waals surface area contributed by atoms with Gasteiger partial charge in [0.1, 0.15) is 11.6 Å². The zero-order valence-electron chi connectivity index (χ0n) is 14.6. The molecule has 0 spiro atoms. The number of benzene rings is 2. The van der Waals surface area contributed by atoms with Gasteiger partial charge in [-0.05, 0) is 37.3 Å². The normalized spacial score (nSPS) is 11.6. The van der Waals surface area contributed by atoms with E-state index in [0.717, 1.165) is 16.0 Å². The summed E-state index contributed by atoms with van der Waals surface area (Å²) < 4.78 is 35.6. The van der Waals surface area contributed by atoms with Gasteiger partial charge in [-0.1, -0.05) is 29.5 Å². The first-order chi connectivity index (χ1) is 13.0. The molecule has 0 bridgehead atoms. The van der Waals surface area contributed by atoms with Crippen LogP contribution < -0.4 is 9.46 Å². The van der Waals surface area contributed by atoms with Crippen LogP contribution in [0.2, 0.25) is 0 Å². The van der Waals surface area contributed by atoms with Crippen molar-refractivity contribution >= 4 is 37.4 Å². The number of methoxy groups -OCH3 is 1. The standard InChI is InChI=1S/C18H16N4O3S2/c1-12-10-17(21-27(23,24)14-6-4-3-5-7-14)22(20-12)18-19-15-9-8-13(25-2)11-16(15)26-18/h3-11,21H,1-2H3. The average molecular weight is 400 g/mol. The van der Waals surface area contributed by atoms with Crippen LogP contribution in [0.25, 0.3) is 15.3 Å². The largest absolute Gasteiger partial charge is 0.497 e. The van der Waals surface area contributed by atoms with Crippen molar-refractivity contribution in [1.82, 2.24) is 14.8 Å². The van der Waals surface area contributed by atoms with E-state index >= 15 is 0 Å². The molecule has 7 nitrogen and oxygen atoms in total. The van der Waals surface area contributed by atoms with E-state index in [2.05, 4.69) is 14.8 Å². The molecule has 1 N–H and O–H groups in total. The lowest BCUT2D eigenvalue weighted by Crippen LogP contribution is -2.15. The van der Waals surface area contributed by atoms with Gasteiger partial charge in [0.05, 0.1) is 27.9 Å². The molecule has 2 aromatic carbocycles. The molecule has 0 aliphatic heterocycles. The fourth-order valence-corrected chi connectivity index (χ4v) is 4.64. The first-order valence-electron chi connectivity index (χ1n) is 8.06. The molecule has 4 aromatic rings. The Morgan fingerprint density at radius 3 is 2.63 bits per heavy atom. The first-order valence-corrected chi connectivity index (χ1v) is 10.4. The van der Waals surface area contributed by atoms with E-state index < -0.39 is 10.0 Å². The predicted octanol–water partition coefficient (Wildman–Crippen LogP) is 3.60. The fraction of sp³-hybridized carbons (Fsp3) is 0.111. The quantitative estimate of drug-likeness (QED) is 0.553. The summed E-state index contributed by atoms with van der Waals surface area (Å²) in [5.74, 6) is 1.07. The van der Waals surface area contributed by atoms with Gasteiger partial charge in [-0.3, -0.25) is 4.72 Å². The number of rotatable bonds is 5. The van der Waals surface area contributed by atoms with Crippen molar-refractivity contribution in [2.75, 3.05) is 11.8 Å².